The molecule has 2 rings (SSSR count). The first-order chi connectivity index (χ1) is 10.1. The largest absolute Gasteiger partial charge is 0.496 e. The number of carbonyl (C=O) groups is 1. The third-order valence-electron chi connectivity index (χ3n) is 3.07. The maximum absolute atomic E-state index is 12.0. The van der Waals surface area contributed by atoms with Crippen LogP contribution < -0.4 is 9.47 Å². The van der Waals surface area contributed by atoms with Crippen LogP contribution in [-0.4, -0.2) is 24.8 Å². The van der Waals surface area contributed by atoms with E-state index in [2.05, 4.69) is 15.9 Å². The highest BCUT2D eigenvalue weighted by molar-refractivity contribution is 9.10. The molecular weight excluding hydrogens is 338 g/mol. The molecule has 0 aliphatic carbocycles. The molecule has 6 heteroatoms. The van der Waals surface area contributed by atoms with Crippen molar-refractivity contribution in [3.63, 3.8) is 0 Å². The van der Waals surface area contributed by atoms with Crippen molar-refractivity contribution in [1.82, 2.24) is 4.57 Å². The van der Waals surface area contributed by atoms with Crippen LogP contribution in [0.15, 0.2) is 34.9 Å². The van der Waals surface area contributed by atoms with Gasteiger partial charge >= 0.3 is 5.97 Å². The maximum Gasteiger partial charge on any atom is 0.355 e. The quantitative estimate of drug-likeness (QED) is 0.774. The monoisotopic (exact) mass is 353 g/mol. The minimum absolute atomic E-state index is 0.108. The Morgan fingerprint density at radius 2 is 1.95 bits per heavy atom. The minimum atomic E-state index is -0.383. The van der Waals surface area contributed by atoms with Gasteiger partial charge in [0.25, 0.3) is 0 Å². The second-order valence-corrected chi connectivity index (χ2v) is 5.23. The van der Waals surface area contributed by atoms with Gasteiger partial charge in [-0.1, -0.05) is 0 Å². The lowest BCUT2D eigenvalue weighted by Gasteiger charge is -2.12. The van der Waals surface area contributed by atoms with Crippen LogP contribution in [0.3, 0.4) is 0 Å². The van der Waals surface area contributed by atoms with Gasteiger partial charge in [-0.3, -0.25) is 0 Å². The number of rotatable bonds is 5. The van der Waals surface area contributed by atoms with E-state index in [9.17, 15) is 4.79 Å². The van der Waals surface area contributed by atoms with Crippen LogP contribution in [0.25, 0.3) is 0 Å². The molecule has 112 valence electrons. The summed E-state index contributed by atoms with van der Waals surface area (Å²) in [7, 11) is 4.93. The summed E-state index contributed by atoms with van der Waals surface area (Å²) < 4.78 is 18.3. The molecule has 0 bridgehead atoms. The number of esters is 1. The molecule has 0 fully saturated rings. The first-order valence-corrected chi connectivity index (χ1v) is 7.05. The summed E-state index contributed by atoms with van der Waals surface area (Å²) in [6, 6.07) is 7.06. The van der Waals surface area contributed by atoms with E-state index >= 15 is 0 Å². The Kier molecular flexibility index (Phi) is 4.90. The lowest BCUT2D eigenvalue weighted by atomic mass is 10.2. The van der Waals surface area contributed by atoms with Crippen LogP contribution in [0.1, 0.15) is 16.1 Å². The summed E-state index contributed by atoms with van der Waals surface area (Å²) in [6.45, 7) is 0.108. The summed E-state index contributed by atoms with van der Waals surface area (Å²) in [4.78, 5) is 12.0. The van der Waals surface area contributed by atoms with Crippen molar-refractivity contribution in [2.75, 3.05) is 14.2 Å². The number of carbonyl (C=O) groups excluding carboxylic acids is 1. The highest BCUT2D eigenvalue weighted by atomic mass is 79.9. The summed E-state index contributed by atoms with van der Waals surface area (Å²) in [5, 5.41) is 0. The summed E-state index contributed by atoms with van der Waals surface area (Å²) in [5.41, 5.74) is 1.23. The molecule has 1 heterocycles. The van der Waals surface area contributed by atoms with Gasteiger partial charge in [-0.15, -0.1) is 0 Å². The van der Waals surface area contributed by atoms with Crippen LogP contribution >= 0.6 is 15.9 Å². The molecule has 21 heavy (non-hydrogen) atoms. The van der Waals surface area contributed by atoms with Crippen LogP contribution in [-0.2, 0) is 18.4 Å². The number of benzene rings is 1. The van der Waals surface area contributed by atoms with E-state index in [0.717, 1.165) is 10.0 Å². The topological polar surface area (TPSA) is 49.7 Å². The zero-order valence-corrected chi connectivity index (χ0v) is 13.6. The van der Waals surface area contributed by atoms with Crippen molar-refractivity contribution in [2.45, 2.75) is 6.61 Å². The van der Waals surface area contributed by atoms with Gasteiger partial charge in [-0.05, 0) is 40.2 Å². The first kappa shape index (κ1) is 15.4. The number of halogens is 1. The van der Waals surface area contributed by atoms with Crippen molar-refractivity contribution in [2.24, 2.45) is 7.05 Å². The van der Waals surface area contributed by atoms with Gasteiger partial charge in [-0.25, -0.2) is 4.79 Å². The van der Waals surface area contributed by atoms with Gasteiger partial charge in [0.2, 0.25) is 0 Å². The van der Waals surface area contributed by atoms with Crippen LogP contribution in [0.5, 0.6) is 11.5 Å². The Hall–Kier alpha value is -1.95. The molecule has 0 aliphatic heterocycles. The molecule has 0 unspecified atom stereocenters. The molecule has 5 nitrogen and oxygen atoms in total. The molecule has 0 radical (unpaired) electrons. The molecule has 0 spiro atoms. The lowest BCUT2D eigenvalue weighted by molar-refractivity contribution is 0.0458. The predicted molar refractivity (Wildman–Crippen MR) is 81.8 cm³/mol. The Morgan fingerprint density at radius 1 is 1.24 bits per heavy atom. The smallest absolute Gasteiger partial charge is 0.355 e. The average Bonchev–Trinajstić information content (AvgIpc) is 2.91. The summed E-state index contributed by atoms with van der Waals surface area (Å²) in [5.74, 6) is 0.898. The van der Waals surface area contributed by atoms with Crippen molar-refractivity contribution >= 4 is 21.9 Å². The van der Waals surface area contributed by atoms with E-state index in [4.69, 9.17) is 14.2 Å². The van der Waals surface area contributed by atoms with Crippen molar-refractivity contribution < 1.29 is 19.0 Å². The van der Waals surface area contributed by atoms with E-state index < -0.39 is 0 Å². The number of methoxy groups -OCH3 is 2. The molecule has 0 saturated heterocycles. The van der Waals surface area contributed by atoms with E-state index in [1.165, 1.54) is 0 Å². The number of hydrogen-bond donors (Lipinski definition) is 0. The van der Waals surface area contributed by atoms with Gasteiger partial charge in [0.1, 0.15) is 23.8 Å². The SMILES string of the molecule is COc1cc(COC(=O)c2cccn2C)c(OC)cc1Br. The van der Waals surface area contributed by atoms with Crippen molar-refractivity contribution in [1.29, 1.82) is 0 Å². The molecular formula is C15H16BrNO4. The van der Waals surface area contributed by atoms with Gasteiger partial charge in [0.05, 0.1) is 18.7 Å². The summed E-state index contributed by atoms with van der Waals surface area (Å²) in [6.07, 6.45) is 1.79. The Labute approximate surface area is 131 Å². The highest BCUT2D eigenvalue weighted by Crippen LogP contribution is 2.33. The van der Waals surface area contributed by atoms with E-state index in [-0.39, 0.29) is 12.6 Å². The maximum atomic E-state index is 12.0. The second kappa shape index (κ2) is 6.67. The zero-order chi connectivity index (χ0) is 15.4. The van der Waals surface area contributed by atoms with E-state index in [1.54, 1.807) is 56.3 Å². The third-order valence-corrected chi connectivity index (χ3v) is 3.69. The Balaban J connectivity index is 2.16. The normalized spacial score (nSPS) is 10.3. The molecule has 0 amide bonds. The van der Waals surface area contributed by atoms with Crippen LogP contribution in [0.4, 0.5) is 0 Å². The number of hydrogen-bond acceptors (Lipinski definition) is 4. The predicted octanol–water partition coefficient (Wildman–Crippen LogP) is 3.16. The minimum Gasteiger partial charge on any atom is -0.496 e. The lowest BCUT2D eigenvalue weighted by Crippen LogP contribution is -2.10. The fourth-order valence-corrected chi connectivity index (χ4v) is 2.41. The van der Waals surface area contributed by atoms with Gasteiger partial charge in [0, 0.05) is 18.8 Å². The number of ether oxygens (including phenoxy) is 3. The summed E-state index contributed by atoms with van der Waals surface area (Å²) >= 11 is 3.39. The number of aromatic nitrogens is 1. The highest BCUT2D eigenvalue weighted by Gasteiger charge is 2.14. The van der Waals surface area contributed by atoms with Gasteiger partial charge < -0.3 is 18.8 Å². The number of nitrogens with zero attached hydrogens (tertiary/aromatic N) is 1. The molecule has 0 aliphatic rings. The van der Waals surface area contributed by atoms with Crippen molar-refractivity contribution in [3.8, 4) is 11.5 Å². The third kappa shape index (κ3) is 3.39. The number of aryl methyl sites for hydroxylation is 1. The molecule has 2 aromatic rings. The standard InChI is InChI=1S/C15H16BrNO4/c1-17-6-4-5-12(17)15(18)21-9-10-7-14(20-3)11(16)8-13(10)19-2/h4-8H,9H2,1-3H3. The van der Waals surface area contributed by atoms with Crippen molar-refractivity contribution in [3.05, 3.63) is 46.2 Å². The van der Waals surface area contributed by atoms with Gasteiger partial charge in [0.15, 0.2) is 0 Å². The zero-order valence-electron chi connectivity index (χ0n) is 12.1. The molecule has 1 aromatic heterocycles. The average molecular weight is 354 g/mol. The molecule has 0 atom stereocenters. The van der Waals surface area contributed by atoms with Crippen LogP contribution in [0, 0.1) is 0 Å². The second-order valence-electron chi connectivity index (χ2n) is 4.38. The Bertz CT molecular complexity index is 651. The Morgan fingerprint density at radius 3 is 2.52 bits per heavy atom. The molecule has 0 saturated carbocycles. The van der Waals surface area contributed by atoms with E-state index in [0.29, 0.717) is 17.2 Å². The van der Waals surface area contributed by atoms with Gasteiger partial charge in [-0.2, -0.15) is 0 Å². The van der Waals surface area contributed by atoms with E-state index in [1.807, 2.05) is 0 Å². The fourth-order valence-electron chi connectivity index (χ4n) is 1.93. The first-order valence-electron chi connectivity index (χ1n) is 6.25. The van der Waals surface area contributed by atoms with Crippen LogP contribution in [0.2, 0.25) is 0 Å². The fraction of sp³-hybridized carbons (Fsp3) is 0.267. The molecule has 1 aromatic carbocycles. The molecule has 0 N–H and O–H groups in total.